The maximum Gasteiger partial charge on any atom is 0.298 e. The topological polar surface area (TPSA) is 58.6 Å². The largest absolute Gasteiger partial charge is 0.429 e. The van der Waals surface area contributed by atoms with E-state index in [9.17, 15) is 9.59 Å². The number of benzene rings is 1. The number of carbonyl (C=O) groups excluding carboxylic acids is 2. The maximum absolute atomic E-state index is 12.1. The van der Waals surface area contributed by atoms with Gasteiger partial charge in [0.2, 0.25) is 5.91 Å². The van der Waals surface area contributed by atoms with E-state index in [0.29, 0.717) is 17.9 Å². The normalized spacial score (nSPS) is 23.1. The van der Waals surface area contributed by atoms with Gasteiger partial charge in [-0.3, -0.25) is 14.5 Å². The Morgan fingerprint density at radius 1 is 1.58 bits per heavy atom. The second-order valence-electron chi connectivity index (χ2n) is 4.58. The van der Waals surface area contributed by atoms with E-state index in [2.05, 4.69) is 17.9 Å². The highest BCUT2D eigenvalue weighted by Crippen LogP contribution is 2.22. The van der Waals surface area contributed by atoms with Gasteiger partial charge in [0.1, 0.15) is 5.75 Å². The molecule has 1 aliphatic rings. The molecular formula is C13H16N2O3S. The summed E-state index contributed by atoms with van der Waals surface area (Å²) in [5.74, 6) is 0.335. The smallest absolute Gasteiger partial charge is 0.298 e. The van der Waals surface area contributed by atoms with Gasteiger partial charge >= 0.3 is 0 Å². The van der Waals surface area contributed by atoms with Crippen molar-refractivity contribution in [2.24, 2.45) is 0 Å². The fraction of sp³-hybridized carbons (Fsp3) is 0.385. The molecule has 0 aromatic heterocycles. The van der Waals surface area contributed by atoms with Crippen LogP contribution in [0.1, 0.15) is 6.42 Å². The highest BCUT2D eigenvalue weighted by Gasteiger charge is 2.32. The van der Waals surface area contributed by atoms with Gasteiger partial charge < -0.3 is 10.1 Å². The second-order valence-corrected chi connectivity index (χ2v) is 5.31. The van der Waals surface area contributed by atoms with Gasteiger partial charge in [-0.05, 0) is 25.6 Å². The van der Waals surface area contributed by atoms with E-state index < -0.39 is 0 Å². The van der Waals surface area contributed by atoms with Gasteiger partial charge in [-0.25, -0.2) is 0 Å². The molecule has 0 saturated carbocycles. The zero-order valence-electron chi connectivity index (χ0n) is 10.6. The zero-order valence-corrected chi connectivity index (χ0v) is 11.5. The van der Waals surface area contributed by atoms with Crippen molar-refractivity contribution in [2.45, 2.75) is 17.7 Å². The van der Waals surface area contributed by atoms with Crippen LogP contribution < -0.4 is 10.1 Å². The van der Waals surface area contributed by atoms with Crippen LogP contribution in [0.5, 0.6) is 5.75 Å². The summed E-state index contributed by atoms with van der Waals surface area (Å²) >= 11 is 4.40. The van der Waals surface area contributed by atoms with E-state index in [4.69, 9.17) is 4.74 Å². The number of amides is 1. The van der Waals surface area contributed by atoms with Crippen molar-refractivity contribution in [3.63, 3.8) is 0 Å². The molecule has 0 aliphatic carbocycles. The summed E-state index contributed by atoms with van der Waals surface area (Å²) in [6.07, 6.45) is 0.732. The maximum atomic E-state index is 12.1. The molecule has 1 aliphatic heterocycles. The number of likely N-dealkylation sites (N-methyl/N-ethyl adjacent to an activating group) is 1. The number of thiol groups is 1. The van der Waals surface area contributed by atoms with Crippen LogP contribution in [0.2, 0.25) is 0 Å². The summed E-state index contributed by atoms with van der Waals surface area (Å²) in [5.41, 5.74) is 0.611. The first kappa shape index (κ1) is 13.9. The molecule has 1 amide bonds. The summed E-state index contributed by atoms with van der Waals surface area (Å²) in [7, 11) is 1.91. The summed E-state index contributed by atoms with van der Waals surface area (Å²) in [6, 6.07) is 6.56. The van der Waals surface area contributed by atoms with Gasteiger partial charge in [0.25, 0.3) is 6.47 Å². The van der Waals surface area contributed by atoms with Crippen LogP contribution in [0.25, 0.3) is 0 Å². The average molecular weight is 280 g/mol. The summed E-state index contributed by atoms with van der Waals surface area (Å²) < 4.78 is 4.74. The third-order valence-corrected chi connectivity index (χ3v) is 3.49. The molecule has 1 N–H and O–H groups in total. The molecular weight excluding hydrogens is 264 g/mol. The number of nitrogens with one attached hydrogen (secondary N) is 1. The van der Waals surface area contributed by atoms with E-state index in [-0.39, 0.29) is 17.2 Å². The van der Waals surface area contributed by atoms with Crippen LogP contribution in [-0.4, -0.2) is 42.2 Å². The van der Waals surface area contributed by atoms with Crippen LogP contribution in [0.3, 0.4) is 0 Å². The van der Waals surface area contributed by atoms with E-state index in [1.807, 2.05) is 11.9 Å². The van der Waals surface area contributed by atoms with Gasteiger partial charge in [0.15, 0.2) is 0 Å². The van der Waals surface area contributed by atoms with Crippen LogP contribution in [-0.2, 0) is 9.59 Å². The molecule has 1 aromatic carbocycles. The SMILES string of the molecule is CN1CC(S)CC1C(=O)Nc1cccc(OC=O)c1. The molecule has 0 radical (unpaired) electrons. The van der Waals surface area contributed by atoms with E-state index in [1.165, 1.54) is 0 Å². The summed E-state index contributed by atoms with van der Waals surface area (Å²) in [6.45, 7) is 1.16. The Bertz CT molecular complexity index is 481. The predicted molar refractivity (Wildman–Crippen MR) is 75.6 cm³/mol. The number of rotatable bonds is 4. The number of nitrogens with zero attached hydrogens (tertiary/aromatic N) is 1. The Hall–Kier alpha value is -1.53. The summed E-state index contributed by atoms with van der Waals surface area (Å²) in [4.78, 5) is 24.4. The number of anilines is 1. The Balaban J connectivity index is 2.02. The molecule has 5 nitrogen and oxygen atoms in total. The molecule has 2 unspecified atom stereocenters. The zero-order chi connectivity index (χ0) is 13.8. The van der Waals surface area contributed by atoms with Crippen molar-refractivity contribution in [1.29, 1.82) is 0 Å². The number of hydrogen-bond donors (Lipinski definition) is 2. The molecule has 0 bridgehead atoms. The Labute approximate surface area is 117 Å². The quantitative estimate of drug-likeness (QED) is 0.642. The van der Waals surface area contributed by atoms with E-state index >= 15 is 0 Å². The lowest BCUT2D eigenvalue weighted by atomic mass is 10.2. The Morgan fingerprint density at radius 2 is 2.37 bits per heavy atom. The lowest BCUT2D eigenvalue weighted by Gasteiger charge is -2.18. The molecule has 2 rings (SSSR count). The molecule has 2 atom stereocenters. The Morgan fingerprint density at radius 3 is 3.00 bits per heavy atom. The van der Waals surface area contributed by atoms with Gasteiger partial charge in [0.05, 0.1) is 6.04 Å². The van der Waals surface area contributed by atoms with Crippen LogP contribution in [0, 0.1) is 0 Å². The first-order valence-electron chi connectivity index (χ1n) is 5.99. The van der Waals surface area contributed by atoms with Crippen molar-refractivity contribution >= 4 is 30.7 Å². The number of ether oxygens (including phenoxy) is 1. The molecule has 1 aromatic rings. The predicted octanol–water partition coefficient (Wildman–Crippen LogP) is 1.16. The van der Waals surface area contributed by atoms with E-state index in [1.54, 1.807) is 24.3 Å². The molecule has 1 heterocycles. The minimum Gasteiger partial charge on any atom is -0.429 e. The highest BCUT2D eigenvalue weighted by molar-refractivity contribution is 7.81. The van der Waals surface area contributed by atoms with Crippen molar-refractivity contribution in [3.05, 3.63) is 24.3 Å². The lowest BCUT2D eigenvalue weighted by molar-refractivity contribution is -0.121. The lowest BCUT2D eigenvalue weighted by Crippen LogP contribution is -2.37. The first-order valence-corrected chi connectivity index (χ1v) is 6.51. The highest BCUT2D eigenvalue weighted by atomic mass is 32.1. The standard InChI is InChI=1S/C13H16N2O3S/c1-15-7-11(19)6-12(15)13(17)14-9-3-2-4-10(5-9)18-8-16/h2-5,8,11-12,19H,6-7H2,1H3,(H,14,17). The minimum atomic E-state index is -0.168. The number of carbonyl (C=O) groups is 2. The third kappa shape index (κ3) is 3.48. The molecule has 1 fully saturated rings. The molecule has 102 valence electrons. The van der Waals surface area contributed by atoms with Crippen molar-refractivity contribution in [2.75, 3.05) is 18.9 Å². The number of hydrogen-bond acceptors (Lipinski definition) is 5. The summed E-state index contributed by atoms with van der Waals surface area (Å²) in [5, 5.41) is 3.05. The van der Waals surface area contributed by atoms with Crippen LogP contribution in [0.4, 0.5) is 5.69 Å². The van der Waals surface area contributed by atoms with Gasteiger partial charge in [-0.1, -0.05) is 6.07 Å². The second kappa shape index (κ2) is 6.08. The van der Waals surface area contributed by atoms with Crippen molar-refractivity contribution in [1.82, 2.24) is 4.90 Å². The molecule has 0 spiro atoms. The Kier molecular flexibility index (Phi) is 4.44. The van der Waals surface area contributed by atoms with Crippen molar-refractivity contribution < 1.29 is 14.3 Å². The number of likely N-dealkylation sites (tertiary alicyclic amines) is 1. The fourth-order valence-corrected chi connectivity index (χ4v) is 2.66. The monoisotopic (exact) mass is 280 g/mol. The van der Waals surface area contributed by atoms with Gasteiger partial charge in [0, 0.05) is 23.5 Å². The van der Waals surface area contributed by atoms with Crippen molar-refractivity contribution in [3.8, 4) is 5.75 Å². The third-order valence-electron chi connectivity index (χ3n) is 3.11. The first-order chi connectivity index (χ1) is 9.10. The molecule has 6 heteroatoms. The fourth-order valence-electron chi connectivity index (χ4n) is 2.21. The average Bonchev–Trinajstić information content (AvgIpc) is 2.69. The van der Waals surface area contributed by atoms with Crippen LogP contribution >= 0.6 is 12.6 Å². The van der Waals surface area contributed by atoms with Gasteiger partial charge in [-0.2, -0.15) is 12.6 Å². The molecule has 19 heavy (non-hydrogen) atoms. The van der Waals surface area contributed by atoms with Gasteiger partial charge in [-0.15, -0.1) is 0 Å². The van der Waals surface area contributed by atoms with Crippen LogP contribution in [0.15, 0.2) is 24.3 Å². The minimum absolute atomic E-state index is 0.0673. The molecule has 1 saturated heterocycles. The van der Waals surface area contributed by atoms with E-state index in [0.717, 1.165) is 13.0 Å².